The van der Waals surface area contributed by atoms with Gasteiger partial charge >= 0.3 is 0 Å². The second-order valence-corrected chi connectivity index (χ2v) is 10.9. The zero-order chi connectivity index (χ0) is 21.5. The van der Waals surface area contributed by atoms with E-state index in [0.29, 0.717) is 12.2 Å². The molecular weight excluding hydrogens is 412 g/mol. The average Bonchev–Trinajstić information content (AvgIpc) is 3.01. The van der Waals surface area contributed by atoms with Gasteiger partial charge in [-0.15, -0.1) is 0 Å². The number of amides is 2. The monoisotopic (exact) mass is 434 g/mol. The summed E-state index contributed by atoms with van der Waals surface area (Å²) in [5.41, 5.74) is 1.58. The lowest BCUT2D eigenvalue weighted by molar-refractivity contribution is -0.135. The third-order valence-electron chi connectivity index (χ3n) is 7.48. The van der Waals surface area contributed by atoms with Crippen molar-refractivity contribution in [2.24, 2.45) is 29.6 Å². The Morgan fingerprint density at radius 1 is 0.839 bits per heavy atom. The highest BCUT2D eigenvalue weighted by Gasteiger charge is 2.68. The van der Waals surface area contributed by atoms with Crippen LogP contribution >= 0.6 is 0 Å². The SMILES string of the molecule is Cc1ccc(S(=O)(=O)N2C[C@@H]3[C@@H]4C=C[C@H]([C@H]5C(=O)N(c6ccccc6)C(=O)[C@H]45)[C@@H]32)cc1. The van der Waals surface area contributed by atoms with E-state index in [1.54, 1.807) is 40.7 Å². The van der Waals surface area contributed by atoms with Crippen LogP contribution in [0.25, 0.3) is 0 Å². The zero-order valence-electron chi connectivity index (χ0n) is 17.0. The van der Waals surface area contributed by atoms with Gasteiger partial charge in [-0.05, 0) is 43.0 Å². The van der Waals surface area contributed by atoms with E-state index in [0.717, 1.165) is 5.56 Å². The molecule has 0 radical (unpaired) electrons. The number of sulfonamides is 1. The van der Waals surface area contributed by atoms with Crippen molar-refractivity contribution in [1.82, 2.24) is 4.31 Å². The van der Waals surface area contributed by atoms with Gasteiger partial charge in [0, 0.05) is 18.5 Å². The Morgan fingerprint density at radius 2 is 1.45 bits per heavy atom. The largest absolute Gasteiger partial charge is 0.274 e. The number of anilines is 1. The normalized spacial score (nSPS) is 33.9. The van der Waals surface area contributed by atoms with Crippen LogP contribution in [0.3, 0.4) is 0 Å². The Labute approximate surface area is 181 Å². The molecule has 0 N–H and O–H groups in total. The lowest BCUT2D eigenvalue weighted by Gasteiger charge is -2.60. The summed E-state index contributed by atoms with van der Waals surface area (Å²) >= 11 is 0. The number of hydrogen-bond acceptors (Lipinski definition) is 4. The summed E-state index contributed by atoms with van der Waals surface area (Å²) in [7, 11) is -3.65. The minimum absolute atomic E-state index is 0.0731. The minimum Gasteiger partial charge on any atom is -0.274 e. The minimum atomic E-state index is -3.65. The fourth-order valence-electron chi connectivity index (χ4n) is 6.03. The van der Waals surface area contributed by atoms with Crippen molar-refractivity contribution in [3.05, 3.63) is 72.3 Å². The Hall–Kier alpha value is -2.77. The van der Waals surface area contributed by atoms with Crippen LogP contribution in [0.15, 0.2) is 71.6 Å². The number of imide groups is 1. The van der Waals surface area contributed by atoms with Crippen molar-refractivity contribution in [3.8, 4) is 0 Å². The van der Waals surface area contributed by atoms with Gasteiger partial charge in [-0.2, -0.15) is 4.31 Å². The van der Waals surface area contributed by atoms with E-state index in [1.165, 1.54) is 4.90 Å². The molecule has 2 bridgehead atoms. The number of rotatable bonds is 3. The standard InChI is InChI=1S/C24H22N2O4S/c1-14-7-9-16(10-8-14)31(29,30)25-13-19-17-11-12-18(22(19)25)21-20(17)23(27)26(24(21)28)15-5-3-2-4-6-15/h2-12,17-22H,13H2,1H3/t17-,18+,19+,20+,21+,22-/m0/s1. The summed E-state index contributed by atoms with van der Waals surface area (Å²) in [4.78, 5) is 28.3. The number of carbonyl (C=O) groups is 2. The highest BCUT2D eigenvalue weighted by atomic mass is 32.2. The first-order chi connectivity index (χ1) is 14.9. The molecule has 2 aliphatic heterocycles. The molecule has 0 unspecified atom stereocenters. The van der Waals surface area contributed by atoms with Crippen LogP contribution in [0, 0.1) is 36.5 Å². The van der Waals surface area contributed by atoms with Crippen LogP contribution in [0.4, 0.5) is 5.69 Å². The maximum atomic E-state index is 13.4. The summed E-state index contributed by atoms with van der Waals surface area (Å²) in [6.07, 6.45) is 4.02. The molecule has 6 atom stereocenters. The lowest BCUT2D eigenvalue weighted by Crippen LogP contribution is -2.70. The molecule has 0 aromatic heterocycles. The molecule has 2 aromatic rings. The van der Waals surface area contributed by atoms with Crippen molar-refractivity contribution in [2.45, 2.75) is 17.9 Å². The number of allylic oxidation sites excluding steroid dienone is 1. The summed E-state index contributed by atoms with van der Waals surface area (Å²) < 4.78 is 28.2. The third-order valence-corrected chi connectivity index (χ3v) is 9.35. The topological polar surface area (TPSA) is 74.8 Å². The molecule has 5 aliphatic rings. The van der Waals surface area contributed by atoms with Crippen LogP contribution in [-0.2, 0) is 19.6 Å². The quantitative estimate of drug-likeness (QED) is 0.550. The molecule has 158 valence electrons. The van der Waals surface area contributed by atoms with Gasteiger partial charge in [-0.1, -0.05) is 48.0 Å². The van der Waals surface area contributed by atoms with Crippen molar-refractivity contribution < 1.29 is 18.0 Å². The second-order valence-electron chi connectivity index (χ2n) is 8.98. The van der Waals surface area contributed by atoms with Crippen molar-refractivity contribution in [2.75, 3.05) is 11.4 Å². The first kappa shape index (κ1) is 19.0. The number of para-hydroxylation sites is 1. The summed E-state index contributed by atoms with van der Waals surface area (Å²) in [5.74, 6) is -1.57. The van der Waals surface area contributed by atoms with E-state index in [9.17, 15) is 18.0 Å². The highest BCUT2D eigenvalue weighted by Crippen LogP contribution is 2.58. The van der Waals surface area contributed by atoms with Crippen LogP contribution in [0.2, 0.25) is 0 Å². The van der Waals surface area contributed by atoms with E-state index in [-0.39, 0.29) is 40.5 Å². The van der Waals surface area contributed by atoms with Crippen molar-refractivity contribution >= 4 is 27.5 Å². The lowest BCUT2D eigenvalue weighted by atomic mass is 9.53. The maximum Gasteiger partial charge on any atom is 0.243 e. The summed E-state index contributed by atoms with van der Waals surface area (Å²) in [6.45, 7) is 2.31. The van der Waals surface area contributed by atoms with Gasteiger partial charge in [0.2, 0.25) is 21.8 Å². The van der Waals surface area contributed by atoms with E-state index in [1.807, 2.05) is 37.3 Å². The molecule has 6 nitrogen and oxygen atoms in total. The Morgan fingerprint density at radius 3 is 2.13 bits per heavy atom. The van der Waals surface area contributed by atoms with Crippen LogP contribution < -0.4 is 4.90 Å². The van der Waals surface area contributed by atoms with Crippen molar-refractivity contribution in [3.63, 3.8) is 0 Å². The van der Waals surface area contributed by atoms with Gasteiger partial charge in [0.05, 0.1) is 22.4 Å². The number of benzene rings is 2. The van der Waals surface area contributed by atoms with Crippen LogP contribution in [-0.4, -0.2) is 37.1 Å². The van der Waals surface area contributed by atoms with Crippen LogP contribution in [0.5, 0.6) is 0 Å². The van der Waals surface area contributed by atoms with Gasteiger partial charge in [-0.3, -0.25) is 14.5 Å². The number of nitrogens with zero attached hydrogens (tertiary/aromatic N) is 2. The van der Waals surface area contributed by atoms with Crippen LogP contribution in [0.1, 0.15) is 5.56 Å². The van der Waals surface area contributed by atoms with Gasteiger partial charge in [0.25, 0.3) is 0 Å². The fraction of sp³-hybridized carbons (Fsp3) is 0.333. The number of hydrogen-bond donors (Lipinski definition) is 0. The third kappa shape index (κ3) is 2.44. The second kappa shape index (κ2) is 6.37. The molecule has 0 spiro atoms. The molecule has 7 heteroatoms. The average molecular weight is 435 g/mol. The predicted octanol–water partition coefficient (Wildman–Crippen LogP) is 2.61. The summed E-state index contributed by atoms with van der Waals surface area (Å²) in [5, 5.41) is 0. The van der Waals surface area contributed by atoms with E-state index in [4.69, 9.17) is 0 Å². The molecule has 1 saturated carbocycles. The molecule has 31 heavy (non-hydrogen) atoms. The Kier molecular flexibility index (Phi) is 3.90. The fourth-order valence-corrected chi connectivity index (χ4v) is 7.77. The molecule has 2 heterocycles. The summed E-state index contributed by atoms with van der Waals surface area (Å²) in [6, 6.07) is 15.6. The molecule has 3 aliphatic carbocycles. The zero-order valence-corrected chi connectivity index (χ0v) is 17.8. The van der Waals surface area contributed by atoms with E-state index < -0.39 is 21.9 Å². The first-order valence-electron chi connectivity index (χ1n) is 10.6. The molecule has 2 saturated heterocycles. The van der Waals surface area contributed by atoms with Gasteiger partial charge in [0.1, 0.15) is 0 Å². The first-order valence-corrected chi connectivity index (χ1v) is 12.0. The molecule has 2 aromatic carbocycles. The van der Waals surface area contributed by atoms with Crippen molar-refractivity contribution in [1.29, 1.82) is 0 Å². The molecule has 3 fully saturated rings. The highest BCUT2D eigenvalue weighted by molar-refractivity contribution is 7.89. The van der Waals surface area contributed by atoms with E-state index >= 15 is 0 Å². The number of carbonyl (C=O) groups excluding carboxylic acids is 2. The van der Waals surface area contributed by atoms with Gasteiger partial charge < -0.3 is 0 Å². The Bertz CT molecular complexity index is 1220. The molecule has 7 rings (SSSR count). The molecule has 2 amide bonds. The molecular formula is C24H22N2O4S. The predicted molar refractivity (Wildman–Crippen MR) is 114 cm³/mol. The smallest absolute Gasteiger partial charge is 0.243 e. The van der Waals surface area contributed by atoms with Gasteiger partial charge in [-0.25, -0.2) is 8.42 Å². The Balaban J connectivity index is 1.35. The maximum absolute atomic E-state index is 13.4. The van der Waals surface area contributed by atoms with Gasteiger partial charge in [0.15, 0.2) is 0 Å². The number of aryl methyl sites for hydroxylation is 1. The van der Waals surface area contributed by atoms with E-state index in [2.05, 4.69) is 0 Å².